The number of carbonyl (C=O) groups is 1. The highest BCUT2D eigenvalue weighted by Gasteiger charge is 2.08. The van der Waals surface area contributed by atoms with Crippen LogP contribution in [0, 0.1) is 10.1 Å². The zero-order chi connectivity index (χ0) is 15.2. The fourth-order valence-corrected chi connectivity index (χ4v) is 1.62. The maximum absolute atomic E-state index is 11.6. The van der Waals surface area contributed by atoms with E-state index in [-0.39, 0.29) is 11.6 Å². The molecule has 0 fully saturated rings. The second-order valence-electron chi connectivity index (χ2n) is 4.29. The summed E-state index contributed by atoms with van der Waals surface area (Å²) in [6, 6.07) is 0. The van der Waals surface area contributed by atoms with Crippen LogP contribution in [0.1, 0.15) is 5.56 Å². The Labute approximate surface area is 120 Å². The molecule has 110 valence electrons. The summed E-state index contributed by atoms with van der Waals surface area (Å²) in [6.45, 7) is 0.690. The molecule has 2 heterocycles. The standard InChI is InChI=1S/C12H14N6O3/c1-16-8-10(6-14-16)2-3-12(19)13-4-5-17-9-11(7-15-17)18(20)21/h2-3,6-9H,4-5H2,1H3,(H,13,19)/b3-2+. The molecule has 0 aliphatic rings. The van der Waals surface area contributed by atoms with Gasteiger partial charge in [-0.25, -0.2) is 0 Å². The van der Waals surface area contributed by atoms with Crippen molar-refractivity contribution in [2.75, 3.05) is 6.54 Å². The summed E-state index contributed by atoms with van der Waals surface area (Å²) in [5.41, 5.74) is 0.758. The minimum Gasteiger partial charge on any atom is -0.351 e. The number of hydrogen-bond donors (Lipinski definition) is 1. The van der Waals surface area contributed by atoms with Gasteiger partial charge in [-0.15, -0.1) is 0 Å². The summed E-state index contributed by atoms with van der Waals surface area (Å²) in [6.07, 6.45) is 8.98. The number of aryl methyl sites for hydroxylation is 1. The van der Waals surface area contributed by atoms with Crippen molar-refractivity contribution in [3.63, 3.8) is 0 Å². The van der Waals surface area contributed by atoms with E-state index in [4.69, 9.17) is 0 Å². The van der Waals surface area contributed by atoms with E-state index in [9.17, 15) is 14.9 Å². The summed E-state index contributed by atoms with van der Waals surface area (Å²) in [5.74, 6) is -0.250. The molecule has 1 amide bonds. The summed E-state index contributed by atoms with van der Waals surface area (Å²) < 4.78 is 3.05. The maximum atomic E-state index is 11.6. The molecule has 2 rings (SSSR count). The molecule has 0 aromatic carbocycles. The van der Waals surface area contributed by atoms with Gasteiger partial charge in [-0.05, 0) is 6.08 Å². The fraction of sp³-hybridized carbons (Fsp3) is 0.250. The molecule has 0 bridgehead atoms. The molecule has 0 radical (unpaired) electrons. The number of rotatable bonds is 6. The van der Waals surface area contributed by atoms with Crippen molar-refractivity contribution in [2.24, 2.45) is 7.05 Å². The van der Waals surface area contributed by atoms with Crippen LogP contribution in [-0.4, -0.2) is 36.9 Å². The van der Waals surface area contributed by atoms with E-state index in [1.807, 2.05) is 0 Å². The topological polar surface area (TPSA) is 108 Å². The number of amides is 1. The van der Waals surface area contributed by atoms with Crippen molar-refractivity contribution >= 4 is 17.7 Å². The average Bonchev–Trinajstić information content (AvgIpc) is 3.05. The third kappa shape index (κ3) is 4.27. The van der Waals surface area contributed by atoms with Gasteiger partial charge in [-0.2, -0.15) is 10.2 Å². The van der Waals surface area contributed by atoms with Crippen LogP contribution in [0.15, 0.2) is 30.9 Å². The third-order valence-corrected chi connectivity index (χ3v) is 2.62. The smallest absolute Gasteiger partial charge is 0.306 e. The molecule has 9 nitrogen and oxygen atoms in total. The van der Waals surface area contributed by atoms with Crippen LogP contribution in [0.3, 0.4) is 0 Å². The van der Waals surface area contributed by atoms with E-state index in [0.717, 1.165) is 5.56 Å². The van der Waals surface area contributed by atoms with Crippen LogP contribution in [0.25, 0.3) is 6.08 Å². The Hall–Kier alpha value is -2.97. The Balaban J connectivity index is 1.76. The Morgan fingerprint density at radius 3 is 2.86 bits per heavy atom. The Bertz CT molecular complexity index is 672. The van der Waals surface area contributed by atoms with E-state index in [2.05, 4.69) is 15.5 Å². The molecule has 21 heavy (non-hydrogen) atoms. The van der Waals surface area contributed by atoms with Crippen molar-refractivity contribution in [3.8, 4) is 0 Å². The van der Waals surface area contributed by atoms with Crippen LogP contribution < -0.4 is 5.32 Å². The third-order valence-electron chi connectivity index (χ3n) is 2.62. The number of nitrogens with zero attached hydrogens (tertiary/aromatic N) is 5. The molecule has 0 spiro atoms. The lowest BCUT2D eigenvalue weighted by atomic mass is 10.3. The lowest BCUT2D eigenvalue weighted by Crippen LogP contribution is -2.25. The van der Waals surface area contributed by atoms with Crippen LogP contribution >= 0.6 is 0 Å². The molecule has 0 aliphatic heterocycles. The van der Waals surface area contributed by atoms with E-state index in [1.54, 1.807) is 30.2 Å². The second-order valence-corrected chi connectivity index (χ2v) is 4.29. The first-order valence-corrected chi connectivity index (χ1v) is 6.16. The lowest BCUT2D eigenvalue weighted by molar-refractivity contribution is -0.385. The highest BCUT2D eigenvalue weighted by Crippen LogP contribution is 2.06. The minimum atomic E-state index is -0.515. The molecule has 2 aromatic heterocycles. The SMILES string of the molecule is Cn1cc(/C=C/C(=O)NCCn2cc([N+](=O)[O-])cn2)cn1. The van der Waals surface area contributed by atoms with Gasteiger partial charge in [-0.3, -0.25) is 24.3 Å². The van der Waals surface area contributed by atoms with Gasteiger partial charge < -0.3 is 5.32 Å². The Morgan fingerprint density at radius 2 is 2.24 bits per heavy atom. The molecule has 9 heteroatoms. The molecule has 1 N–H and O–H groups in total. The number of nitro groups is 1. The van der Waals surface area contributed by atoms with E-state index in [1.165, 1.54) is 23.2 Å². The molecular formula is C12H14N6O3. The first-order chi connectivity index (χ1) is 10.0. The quantitative estimate of drug-likeness (QED) is 0.469. The fourth-order valence-electron chi connectivity index (χ4n) is 1.62. The molecule has 2 aromatic rings. The van der Waals surface area contributed by atoms with Crippen molar-refractivity contribution in [1.29, 1.82) is 0 Å². The predicted molar refractivity (Wildman–Crippen MR) is 74.1 cm³/mol. The highest BCUT2D eigenvalue weighted by atomic mass is 16.6. The number of nitrogens with one attached hydrogen (secondary N) is 1. The molecule has 0 saturated heterocycles. The Kier molecular flexibility index (Phi) is 4.44. The molecule has 0 saturated carbocycles. The number of aromatic nitrogens is 4. The van der Waals surface area contributed by atoms with Crippen LogP contribution in [0.5, 0.6) is 0 Å². The van der Waals surface area contributed by atoms with Crippen molar-refractivity contribution < 1.29 is 9.72 Å². The lowest BCUT2D eigenvalue weighted by Gasteiger charge is -2.01. The van der Waals surface area contributed by atoms with Gasteiger partial charge in [0.15, 0.2) is 0 Å². The van der Waals surface area contributed by atoms with E-state index >= 15 is 0 Å². The molecular weight excluding hydrogens is 276 g/mol. The van der Waals surface area contributed by atoms with Gasteiger partial charge in [0, 0.05) is 31.4 Å². The highest BCUT2D eigenvalue weighted by molar-refractivity contribution is 5.91. The number of carbonyl (C=O) groups excluding carboxylic acids is 1. The van der Waals surface area contributed by atoms with Crippen molar-refractivity contribution in [3.05, 3.63) is 46.5 Å². The van der Waals surface area contributed by atoms with Gasteiger partial charge in [0.1, 0.15) is 12.4 Å². The van der Waals surface area contributed by atoms with Crippen LogP contribution in [-0.2, 0) is 18.4 Å². The first-order valence-electron chi connectivity index (χ1n) is 6.16. The Morgan fingerprint density at radius 1 is 1.43 bits per heavy atom. The zero-order valence-corrected chi connectivity index (χ0v) is 11.3. The van der Waals surface area contributed by atoms with Crippen molar-refractivity contribution in [2.45, 2.75) is 6.54 Å². The van der Waals surface area contributed by atoms with Gasteiger partial charge in [0.05, 0.1) is 17.7 Å². The summed E-state index contributed by atoms with van der Waals surface area (Å²) in [5, 5.41) is 21.0. The van der Waals surface area contributed by atoms with E-state index in [0.29, 0.717) is 13.1 Å². The largest absolute Gasteiger partial charge is 0.351 e. The monoisotopic (exact) mass is 290 g/mol. The summed E-state index contributed by atoms with van der Waals surface area (Å²) in [4.78, 5) is 21.5. The first kappa shape index (κ1) is 14.4. The zero-order valence-electron chi connectivity index (χ0n) is 11.3. The van der Waals surface area contributed by atoms with Crippen molar-refractivity contribution in [1.82, 2.24) is 24.9 Å². The van der Waals surface area contributed by atoms with Gasteiger partial charge in [0.2, 0.25) is 5.91 Å². The molecule has 0 unspecified atom stereocenters. The van der Waals surface area contributed by atoms with Crippen LogP contribution in [0.2, 0.25) is 0 Å². The van der Waals surface area contributed by atoms with Gasteiger partial charge in [-0.1, -0.05) is 0 Å². The normalized spacial score (nSPS) is 10.9. The van der Waals surface area contributed by atoms with Crippen LogP contribution in [0.4, 0.5) is 5.69 Å². The summed E-state index contributed by atoms with van der Waals surface area (Å²) in [7, 11) is 1.79. The van der Waals surface area contributed by atoms with Gasteiger partial charge >= 0.3 is 5.69 Å². The minimum absolute atomic E-state index is 0.0715. The average molecular weight is 290 g/mol. The van der Waals surface area contributed by atoms with Gasteiger partial charge in [0.25, 0.3) is 0 Å². The maximum Gasteiger partial charge on any atom is 0.306 e. The molecule has 0 atom stereocenters. The second kappa shape index (κ2) is 6.46. The summed E-state index contributed by atoms with van der Waals surface area (Å²) >= 11 is 0. The molecule has 0 aliphatic carbocycles. The van der Waals surface area contributed by atoms with E-state index < -0.39 is 4.92 Å². The predicted octanol–water partition coefficient (Wildman–Crippen LogP) is 0.354. The number of hydrogen-bond acceptors (Lipinski definition) is 5.